The monoisotopic (exact) mass is 454 g/mol. The molecule has 32 heavy (non-hydrogen) atoms. The Morgan fingerprint density at radius 3 is 2.16 bits per heavy atom. The summed E-state index contributed by atoms with van der Waals surface area (Å²) in [6, 6.07) is 13.9. The molecule has 170 valence electrons. The van der Waals surface area contributed by atoms with E-state index in [9.17, 15) is 14.7 Å². The van der Waals surface area contributed by atoms with Crippen LogP contribution in [0.5, 0.6) is 0 Å². The molecule has 0 saturated carbocycles. The highest BCUT2D eigenvalue weighted by atomic mass is 35.5. The van der Waals surface area contributed by atoms with Crippen LogP contribution in [0, 0.1) is 0 Å². The lowest BCUT2D eigenvalue weighted by atomic mass is 9.93. The van der Waals surface area contributed by atoms with E-state index in [-0.39, 0.29) is 11.3 Å². The Balaban J connectivity index is 2.09. The number of carbonyl (C=O) groups excluding carboxylic acids is 2. The van der Waals surface area contributed by atoms with Gasteiger partial charge in [-0.2, -0.15) is 0 Å². The molecule has 2 aromatic rings. The Kier molecular flexibility index (Phi) is 7.75. The smallest absolute Gasteiger partial charge is 0.295 e. The van der Waals surface area contributed by atoms with E-state index in [1.807, 2.05) is 24.3 Å². The molecule has 1 aliphatic heterocycles. The van der Waals surface area contributed by atoms with Crippen molar-refractivity contribution in [2.45, 2.75) is 39.7 Å². The zero-order valence-electron chi connectivity index (χ0n) is 19.1. The van der Waals surface area contributed by atoms with Gasteiger partial charge in [0.1, 0.15) is 5.76 Å². The summed E-state index contributed by atoms with van der Waals surface area (Å²) in [7, 11) is 0. The van der Waals surface area contributed by atoms with Crippen molar-refractivity contribution in [1.82, 2.24) is 9.80 Å². The number of hydrogen-bond acceptors (Lipinski definition) is 4. The maximum atomic E-state index is 13.1. The molecule has 3 rings (SSSR count). The molecule has 1 unspecified atom stereocenters. The fraction of sp³-hybridized carbons (Fsp3) is 0.385. The number of amides is 1. The van der Waals surface area contributed by atoms with Crippen molar-refractivity contribution < 1.29 is 14.7 Å². The summed E-state index contributed by atoms with van der Waals surface area (Å²) < 4.78 is 0. The SMILES string of the molecule is CCN(CC)CCN1C(=O)C(=O)/C(=C(\O)c2ccc(Cl)cc2)C1c1ccc(C(C)C)cc1. The first-order valence-corrected chi connectivity index (χ1v) is 11.5. The van der Waals surface area contributed by atoms with Gasteiger partial charge in [0, 0.05) is 23.7 Å². The van der Waals surface area contributed by atoms with Crippen LogP contribution in [0.4, 0.5) is 0 Å². The van der Waals surface area contributed by atoms with Crippen molar-refractivity contribution in [3.05, 3.63) is 75.8 Å². The van der Waals surface area contributed by atoms with Gasteiger partial charge in [-0.3, -0.25) is 9.59 Å². The first-order chi connectivity index (χ1) is 15.3. The Bertz CT molecular complexity index is 993. The summed E-state index contributed by atoms with van der Waals surface area (Å²) in [5.74, 6) is -1.05. The molecule has 1 heterocycles. The quantitative estimate of drug-likeness (QED) is 0.337. The van der Waals surface area contributed by atoms with Gasteiger partial charge in [-0.15, -0.1) is 0 Å². The van der Waals surface area contributed by atoms with Crippen molar-refractivity contribution in [2.75, 3.05) is 26.2 Å². The molecular weight excluding hydrogens is 424 g/mol. The number of likely N-dealkylation sites (N-methyl/N-ethyl adjacent to an activating group) is 1. The fourth-order valence-electron chi connectivity index (χ4n) is 4.07. The number of aliphatic hydroxyl groups excluding tert-OH is 1. The molecule has 1 atom stereocenters. The van der Waals surface area contributed by atoms with Crippen molar-refractivity contribution in [1.29, 1.82) is 0 Å². The van der Waals surface area contributed by atoms with Gasteiger partial charge in [0.15, 0.2) is 0 Å². The van der Waals surface area contributed by atoms with Gasteiger partial charge in [0.05, 0.1) is 11.6 Å². The van der Waals surface area contributed by atoms with E-state index in [1.165, 1.54) is 5.56 Å². The molecule has 0 bridgehead atoms. The number of ketones is 1. The topological polar surface area (TPSA) is 60.9 Å². The first kappa shape index (κ1) is 24.0. The second-order valence-corrected chi connectivity index (χ2v) is 8.78. The molecule has 1 amide bonds. The highest BCUT2D eigenvalue weighted by molar-refractivity contribution is 6.46. The molecule has 1 N–H and O–H groups in total. The standard InChI is InChI=1S/C26H31ClN2O3/c1-5-28(6-2)15-16-29-23(19-9-7-18(8-10-19)17(3)4)22(25(31)26(29)32)24(30)20-11-13-21(27)14-12-20/h7-14,17,23,30H,5-6,15-16H2,1-4H3/b24-22-. The molecule has 0 radical (unpaired) electrons. The van der Waals surface area contributed by atoms with Crippen molar-refractivity contribution in [3.8, 4) is 0 Å². The zero-order valence-corrected chi connectivity index (χ0v) is 19.9. The molecule has 1 fully saturated rings. The summed E-state index contributed by atoms with van der Waals surface area (Å²) in [5.41, 5.74) is 2.56. The second-order valence-electron chi connectivity index (χ2n) is 8.35. The van der Waals surface area contributed by atoms with Gasteiger partial charge in [-0.1, -0.05) is 63.6 Å². The van der Waals surface area contributed by atoms with Crippen LogP contribution < -0.4 is 0 Å². The number of carbonyl (C=O) groups is 2. The summed E-state index contributed by atoms with van der Waals surface area (Å²) in [6.45, 7) is 11.2. The summed E-state index contributed by atoms with van der Waals surface area (Å²) in [6.07, 6.45) is 0. The number of halogens is 1. The van der Waals surface area contributed by atoms with E-state index in [0.29, 0.717) is 29.6 Å². The van der Waals surface area contributed by atoms with E-state index in [2.05, 4.69) is 32.6 Å². The molecule has 2 aromatic carbocycles. The number of aliphatic hydroxyl groups is 1. The third-order valence-electron chi connectivity index (χ3n) is 6.13. The summed E-state index contributed by atoms with van der Waals surface area (Å²) in [5, 5.41) is 11.6. The number of hydrogen-bond donors (Lipinski definition) is 1. The van der Waals surface area contributed by atoms with Crippen molar-refractivity contribution in [3.63, 3.8) is 0 Å². The molecular formula is C26H31ClN2O3. The van der Waals surface area contributed by atoms with Gasteiger partial charge in [0.2, 0.25) is 0 Å². The van der Waals surface area contributed by atoms with E-state index in [4.69, 9.17) is 11.6 Å². The van der Waals surface area contributed by atoms with Crippen molar-refractivity contribution >= 4 is 29.1 Å². The van der Waals surface area contributed by atoms with Crippen LogP contribution in [0.2, 0.25) is 5.02 Å². The Labute approximate surface area is 195 Å². The van der Waals surface area contributed by atoms with Gasteiger partial charge in [-0.25, -0.2) is 0 Å². The maximum absolute atomic E-state index is 13.1. The highest BCUT2D eigenvalue weighted by Gasteiger charge is 2.45. The Hall–Kier alpha value is -2.63. The number of nitrogens with zero attached hydrogens (tertiary/aromatic N) is 2. The molecule has 1 saturated heterocycles. The fourth-order valence-corrected chi connectivity index (χ4v) is 4.20. The third-order valence-corrected chi connectivity index (χ3v) is 6.38. The third kappa shape index (κ3) is 4.89. The van der Waals surface area contributed by atoms with Crippen LogP contribution >= 0.6 is 11.6 Å². The predicted molar refractivity (Wildman–Crippen MR) is 129 cm³/mol. The summed E-state index contributed by atoms with van der Waals surface area (Å²) in [4.78, 5) is 29.9. The number of likely N-dealkylation sites (tertiary alicyclic amines) is 1. The van der Waals surface area contributed by atoms with E-state index in [1.54, 1.807) is 29.2 Å². The minimum absolute atomic E-state index is 0.120. The van der Waals surface area contributed by atoms with Crippen molar-refractivity contribution in [2.24, 2.45) is 0 Å². The van der Waals surface area contributed by atoms with Crippen LogP contribution in [-0.4, -0.2) is 52.8 Å². The molecule has 1 aliphatic rings. The lowest BCUT2D eigenvalue weighted by molar-refractivity contribution is -0.140. The lowest BCUT2D eigenvalue weighted by Crippen LogP contribution is -2.38. The highest BCUT2D eigenvalue weighted by Crippen LogP contribution is 2.39. The van der Waals surface area contributed by atoms with E-state index >= 15 is 0 Å². The van der Waals surface area contributed by atoms with Crippen LogP contribution in [0.15, 0.2) is 54.1 Å². The average molecular weight is 455 g/mol. The lowest BCUT2D eigenvalue weighted by Gasteiger charge is -2.28. The number of rotatable bonds is 8. The predicted octanol–water partition coefficient (Wildman–Crippen LogP) is 5.23. The minimum atomic E-state index is -0.657. The Morgan fingerprint density at radius 2 is 1.62 bits per heavy atom. The van der Waals surface area contributed by atoms with Crippen LogP contribution in [0.1, 0.15) is 56.3 Å². The second kappa shape index (κ2) is 10.3. The zero-order chi connectivity index (χ0) is 23.4. The molecule has 6 heteroatoms. The van der Waals surface area contributed by atoms with E-state index in [0.717, 1.165) is 18.7 Å². The molecule has 0 aliphatic carbocycles. The largest absolute Gasteiger partial charge is 0.507 e. The van der Waals surface area contributed by atoms with Crippen LogP contribution in [0.25, 0.3) is 5.76 Å². The molecule has 5 nitrogen and oxygen atoms in total. The summed E-state index contributed by atoms with van der Waals surface area (Å²) >= 11 is 5.98. The van der Waals surface area contributed by atoms with Crippen LogP contribution in [0.3, 0.4) is 0 Å². The maximum Gasteiger partial charge on any atom is 0.295 e. The molecule has 0 spiro atoms. The minimum Gasteiger partial charge on any atom is -0.507 e. The van der Waals surface area contributed by atoms with Gasteiger partial charge >= 0.3 is 0 Å². The van der Waals surface area contributed by atoms with Gasteiger partial charge < -0.3 is 14.9 Å². The van der Waals surface area contributed by atoms with Gasteiger partial charge in [0.25, 0.3) is 11.7 Å². The first-order valence-electron chi connectivity index (χ1n) is 11.1. The normalized spacial score (nSPS) is 18.2. The van der Waals surface area contributed by atoms with Crippen LogP contribution in [-0.2, 0) is 9.59 Å². The Morgan fingerprint density at radius 1 is 1.03 bits per heavy atom. The van der Waals surface area contributed by atoms with Gasteiger partial charge in [-0.05, 0) is 54.4 Å². The number of Topliss-reactive ketones (excluding diaryl/α,β-unsaturated/α-hetero) is 1. The average Bonchev–Trinajstić information content (AvgIpc) is 3.04. The number of benzene rings is 2. The van der Waals surface area contributed by atoms with E-state index < -0.39 is 17.7 Å². The molecule has 0 aromatic heterocycles.